The van der Waals surface area contributed by atoms with Crippen LogP contribution in [0.3, 0.4) is 0 Å². The molecule has 0 aliphatic carbocycles. The van der Waals surface area contributed by atoms with Crippen LogP contribution in [0.1, 0.15) is 50.9 Å². The van der Waals surface area contributed by atoms with Crippen LogP contribution in [0.15, 0.2) is 4.52 Å². The molecule has 2 rings (SSSR count). The van der Waals surface area contributed by atoms with Gasteiger partial charge in [-0.25, -0.2) is 0 Å². The van der Waals surface area contributed by atoms with Crippen LogP contribution in [0.5, 0.6) is 0 Å². The average Bonchev–Trinajstić information content (AvgIpc) is 2.78. The first kappa shape index (κ1) is 14.4. The molecule has 0 radical (unpaired) electrons. The summed E-state index contributed by atoms with van der Waals surface area (Å²) in [6.45, 7) is 7.46. The van der Waals surface area contributed by atoms with Gasteiger partial charge in [0.25, 0.3) is 0 Å². The monoisotopic (exact) mass is 269 g/mol. The standard InChI is InChI=1S/C13H23N3O3/c1-13(2,3)10(17-4)11-15-12(19-16-11)8-7-18-6-5-9(8)14/h8-10H,5-7,14H2,1-4H3. The number of nitrogens with two attached hydrogens (primary N) is 1. The van der Waals surface area contributed by atoms with E-state index in [1.54, 1.807) is 7.11 Å². The van der Waals surface area contributed by atoms with Gasteiger partial charge in [0.1, 0.15) is 6.10 Å². The Labute approximate surface area is 113 Å². The quantitative estimate of drug-likeness (QED) is 0.898. The lowest BCUT2D eigenvalue weighted by molar-refractivity contribution is 0.00718. The van der Waals surface area contributed by atoms with Gasteiger partial charge in [0.2, 0.25) is 11.7 Å². The van der Waals surface area contributed by atoms with Gasteiger partial charge in [-0.2, -0.15) is 4.98 Å². The zero-order valence-corrected chi connectivity index (χ0v) is 12.0. The lowest BCUT2D eigenvalue weighted by atomic mass is 9.88. The molecule has 2 heterocycles. The molecule has 19 heavy (non-hydrogen) atoms. The van der Waals surface area contributed by atoms with Crippen molar-refractivity contribution in [1.82, 2.24) is 10.1 Å². The highest BCUT2D eigenvalue weighted by atomic mass is 16.5. The Morgan fingerprint density at radius 2 is 2.16 bits per heavy atom. The maximum Gasteiger partial charge on any atom is 0.233 e. The number of rotatable bonds is 3. The van der Waals surface area contributed by atoms with E-state index in [9.17, 15) is 0 Å². The molecule has 3 atom stereocenters. The molecule has 0 spiro atoms. The molecule has 0 saturated carbocycles. The van der Waals surface area contributed by atoms with E-state index in [4.69, 9.17) is 19.7 Å². The number of hydrogen-bond acceptors (Lipinski definition) is 6. The second-order valence-corrected chi connectivity index (χ2v) is 6.11. The molecule has 3 unspecified atom stereocenters. The van der Waals surface area contributed by atoms with E-state index in [-0.39, 0.29) is 23.5 Å². The third kappa shape index (κ3) is 3.13. The highest BCUT2D eigenvalue weighted by Gasteiger charge is 2.34. The van der Waals surface area contributed by atoms with Crippen molar-refractivity contribution in [2.75, 3.05) is 20.3 Å². The summed E-state index contributed by atoms with van der Waals surface area (Å²) in [6, 6.07) is 0.0117. The zero-order chi connectivity index (χ0) is 14.0. The molecule has 1 aromatic rings. The van der Waals surface area contributed by atoms with Gasteiger partial charge in [0.05, 0.1) is 12.5 Å². The van der Waals surface area contributed by atoms with Crippen molar-refractivity contribution < 1.29 is 14.0 Å². The molecule has 0 bridgehead atoms. The van der Waals surface area contributed by atoms with Crippen molar-refractivity contribution in [3.8, 4) is 0 Å². The van der Waals surface area contributed by atoms with Gasteiger partial charge in [-0.3, -0.25) is 0 Å². The first-order valence-corrected chi connectivity index (χ1v) is 6.63. The van der Waals surface area contributed by atoms with Gasteiger partial charge in [0.15, 0.2) is 0 Å². The first-order valence-electron chi connectivity index (χ1n) is 6.63. The minimum Gasteiger partial charge on any atom is -0.381 e. The van der Waals surface area contributed by atoms with Gasteiger partial charge in [-0.15, -0.1) is 0 Å². The summed E-state index contributed by atoms with van der Waals surface area (Å²) in [7, 11) is 1.65. The number of hydrogen-bond donors (Lipinski definition) is 1. The van der Waals surface area contributed by atoms with E-state index in [0.29, 0.717) is 24.9 Å². The second kappa shape index (κ2) is 5.56. The fourth-order valence-electron chi connectivity index (χ4n) is 2.36. The van der Waals surface area contributed by atoms with Crippen LogP contribution < -0.4 is 5.73 Å². The SMILES string of the molecule is COC(c1noc(C2COCCC2N)n1)C(C)(C)C. The Morgan fingerprint density at radius 3 is 2.74 bits per heavy atom. The highest BCUT2D eigenvalue weighted by Crippen LogP contribution is 2.34. The Hall–Kier alpha value is -0.980. The van der Waals surface area contributed by atoms with Crippen LogP contribution in [0.4, 0.5) is 0 Å². The summed E-state index contributed by atoms with van der Waals surface area (Å²) >= 11 is 0. The summed E-state index contributed by atoms with van der Waals surface area (Å²) in [5.41, 5.74) is 5.98. The Balaban J connectivity index is 2.18. The molecule has 6 nitrogen and oxygen atoms in total. The maximum atomic E-state index is 6.08. The lowest BCUT2D eigenvalue weighted by Gasteiger charge is -2.27. The third-order valence-corrected chi connectivity index (χ3v) is 3.44. The van der Waals surface area contributed by atoms with Crippen molar-refractivity contribution in [3.63, 3.8) is 0 Å². The molecule has 6 heteroatoms. The Morgan fingerprint density at radius 1 is 1.42 bits per heavy atom. The van der Waals surface area contributed by atoms with Gasteiger partial charge in [0, 0.05) is 19.8 Å². The predicted molar refractivity (Wildman–Crippen MR) is 69.7 cm³/mol. The van der Waals surface area contributed by atoms with Crippen LogP contribution >= 0.6 is 0 Å². The van der Waals surface area contributed by atoms with Crippen molar-refractivity contribution in [1.29, 1.82) is 0 Å². The lowest BCUT2D eigenvalue weighted by Crippen LogP contribution is -2.37. The van der Waals surface area contributed by atoms with E-state index in [1.807, 2.05) is 0 Å². The molecular weight excluding hydrogens is 246 g/mol. The number of nitrogens with zero attached hydrogens (tertiary/aromatic N) is 2. The summed E-state index contributed by atoms with van der Waals surface area (Å²) in [5, 5.41) is 4.04. The summed E-state index contributed by atoms with van der Waals surface area (Å²) in [5.74, 6) is 1.10. The van der Waals surface area contributed by atoms with Crippen molar-refractivity contribution >= 4 is 0 Å². The Kier molecular flexibility index (Phi) is 4.23. The minimum atomic E-state index is -0.203. The van der Waals surface area contributed by atoms with Crippen LogP contribution in [-0.2, 0) is 9.47 Å². The van der Waals surface area contributed by atoms with Gasteiger partial charge in [-0.1, -0.05) is 25.9 Å². The summed E-state index contributed by atoms with van der Waals surface area (Å²) < 4.78 is 16.3. The molecule has 1 aromatic heterocycles. The molecule has 1 fully saturated rings. The number of ether oxygens (including phenoxy) is 2. The predicted octanol–water partition coefficient (Wildman–Crippen LogP) is 1.63. The van der Waals surface area contributed by atoms with Crippen LogP contribution in [0, 0.1) is 5.41 Å². The fourth-order valence-corrected chi connectivity index (χ4v) is 2.36. The van der Waals surface area contributed by atoms with E-state index in [2.05, 4.69) is 30.9 Å². The van der Waals surface area contributed by atoms with Gasteiger partial charge in [-0.05, 0) is 11.8 Å². The zero-order valence-electron chi connectivity index (χ0n) is 12.0. The van der Waals surface area contributed by atoms with E-state index in [0.717, 1.165) is 6.42 Å². The molecule has 108 valence electrons. The van der Waals surface area contributed by atoms with E-state index >= 15 is 0 Å². The van der Waals surface area contributed by atoms with Gasteiger partial charge >= 0.3 is 0 Å². The third-order valence-electron chi connectivity index (χ3n) is 3.44. The molecule has 1 aliphatic heterocycles. The summed E-state index contributed by atoms with van der Waals surface area (Å²) in [4.78, 5) is 4.46. The molecule has 2 N–H and O–H groups in total. The van der Waals surface area contributed by atoms with E-state index in [1.165, 1.54) is 0 Å². The first-order chi connectivity index (χ1) is 8.93. The molecular formula is C13H23N3O3. The van der Waals surface area contributed by atoms with Crippen LogP contribution in [0.2, 0.25) is 0 Å². The van der Waals surface area contributed by atoms with Crippen LogP contribution in [0.25, 0.3) is 0 Å². The number of methoxy groups -OCH3 is 1. The summed E-state index contributed by atoms with van der Waals surface area (Å²) in [6.07, 6.45) is 0.612. The fraction of sp³-hybridized carbons (Fsp3) is 0.846. The smallest absolute Gasteiger partial charge is 0.233 e. The topological polar surface area (TPSA) is 83.4 Å². The largest absolute Gasteiger partial charge is 0.381 e. The van der Waals surface area contributed by atoms with Crippen molar-refractivity contribution in [2.45, 2.75) is 45.3 Å². The van der Waals surface area contributed by atoms with Gasteiger partial charge < -0.3 is 19.7 Å². The van der Waals surface area contributed by atoms with Crippen molar-refractivity contribution in [2.24, 2.45) is 11.1 Å². The second-order valence-electron chi connectivity index (χ2n) is 6.11. The van der Waals surface area contributed by atoms with Crippen LogP contribution in [-0.4, -0.2) is 36.5 Å². The van der Waals surface area contributed by atoms with E-state index < -0.39 is 0 Å². The van der Waals surface area contributed by atoms with Crippen molar-refractivity contribution in [3.05, 3.63) is 11.7 Å². The maximum absolute atomic E-state index is 6.08. The minimum absolute atomic E-state index is 0.0117. The normalized spacial score (nSPS) is 26.4. The molecule has 0 amide bonds. The average molecular weight is 269 g/mol. The highest BCUT2D eigenvalue weighted by molar-refractivity contribution is 5.03. The Bertz CT molecular complexity index is 414. The number of aromatic nitrogens is 2. The molecule has 0 aromatic carbocycles. The molecule has 1 aliphatic rings. The molecule has 1 saturated heterocycles.